The Hall–Kier alpha value is -0.0800. The summed E-state index contributed by atoms with van der Waals surface area (Å²) >= 11 is 2.28. The van der Waals surface area contributed by atoms with Gasteiger partial charge in [-0.05, 0) is 40.5 Å². The van der Waals surface area contributed by atoms with Crippen molar-refractivity contribution in [1.82, 2.24) is 5.32 Å². The summed E-state index contributed by atoms with van der Waals surface area (Å²) in [6, 6.07) is 0. The molecule has 0 aliphatic heterocycles. The highest BCUT2D eigenvalue weighted by molar-refractivity contribution is 14.1. The third-order valence-corrected chi connectivity index (χ3v) is 5.34. The lowest BCUT2D eigenvalue weighted by Gasteiger charge is -2.29. The minimum Gasteiger partial charge on any atom is -0.444 e. The van der Waals surface area contributed by atoms with Crippen LogP contribution in [0.4, 0.5) is 4.79 Å². The van der Waals surface area contributed by atoms with Crippen LogP contribution in [0.25, 0.3) is 0 Å². The third-order valence-electron chi connectivity index (χ3n) is 3.73. The van der Waals surface area contributed by atoms with E-state index < -0.39 is 17.3 Å². The maximum absolute atomic E-state index is 11.7. The van der Waals surface area contributed by atoms with Gasteiger partial charge in [0.15, 0.2) is 0 Å². The molecule has 0 aromatic heterocycles. The molecule has 1 N–H and O–H groups in total. The average molecular weight is 441 g/mol. The minimum absolute atomic E-state index is 0.401. The van der Waals surface area contributed by atoms with E-state index >= 15 is 0 Å². The lowest BCUT2D eigenvalue weighted by molar-refractivity contribution is -0.0614. The van der Waals surface area contributed by atoms with E-state index in [-0.39, 0.29) is 0 Å². The van der Waals surface area contributed by atoms with Gasteiger partial charge in [-0.15, -0.1) is 0 Å². The predicted octanol–water partition coefficient (Wildman–Crippen LogP) is 4.07. The molecule has 1 saturated carbocycles. The summed E-state index contributed by atoms with van der Waals surface area (Å²) in [4.78, 5) is 11.7. The van der Waals surface area contributed by atoms with Crippen LogP contribution in [-0.2, 0) is 14.2 Å². The topological polar surface area (TPSA) is 56.8 Å². The van der Waals surface area contributed by atoms with Gasteiger partial charge < -0.3 is 19.5 Å². The van der Waals surface area contributed by atoms with Gasteiger partial charge in [-0.3, -0.25) is 0 Å². The third kappa shape index (κ3) is 9.72. The van der Waals surface area contributed by atoms with E-state index in [1.165, 1.54) is 32.1 Å². The van der Waals surface area contributed by atoms with Gasteiger partial charge in [0.25, 0.3) is 0 Å². The van der Waals surface area contributed by atoms with Crippen LogP contribution in [0.3, 0.4) is 0 Å². The second-order valence-corrected chi connectivity index (χ2v) is 8.18. The molecule has 1 rings (SSSR count). The molecule has 0 saturated heterocycles. The number of alkyl carbamates (subject to hydrolysis) is 1. The van der Waals surface area contributed by atoms with Crippen LogP contribution in [-0.4, -0.2) is 47.6 Å². The molecule has 0 spiro atoms. The van der Waals surface area contributed by atoms with Crippen molar-refractivity contribution >= 4 is 28.7 Å². The fourth-order valence-corrected chi connectivity index (χ4v) is 2.93. The Bertz CT molecular complexity index is 353. The van der Waals surface area contributed by atoms with E-state index in [1.807, 2.05) is 27.7 Å². The van der Waals surface area contributed by atoms with Gasteiger partial charge in [0.2, 0.25) is 0 Å². The SMILES string of the molecule is CC(C)(C)OC(=O)NCC(C)(CI)OCCOC1CCCCC1. The van der Waals surface area contributed by atoms with Crippen molar-refractivity contribution in [2.24, 2.45) is 0 Å². The molecule has 6 heteroatoms. The maximum atomic E-state index is 11.7. The van der Waals surface area contributed by atoms with Crippen LogP contribution in [0.1, 0.15) is 59.8 Å². The zero-order valence-corrected chi connectivity index (χ0v) is 17.1. The number of amides is 1. The summed E-state index contributed by atoms with van der Waals surface area (Å²) in [6.07, 6.45) is 6.22. The number of alkyl halides is 1. The highest BCUT2D eigenvalue weighted by Gasteiger charge is 2.26. The average Bonchev–Trinajstić information content (AvgIpc) is 2.49. The van der Waals surface area contributed by atoms with Crippen LogP contribution in [0, 0.1) is 0 Å². The van der Waals surface area contributed by atoms with Crippen LogP contribution >= 0.6 is 22.6 Å². The summed E-state index contributed by atoms with van der Waals surface area (Å²) in [5.41, 5.74) is -0.896. The zero-order valence-electron chi connectivity index (χ0n) is 15.0. The van der Waals surface area contributed by atoms with E-state index in [9.17, 15) is 4.79 Å². The molecule has 136 valence electrons. The minimum atomic E-state index is -0.487. The van der Waals surface area contributed by atoms with Gasteiger partial charge in [-0.25, -0.2) is 4.79 Å². The van der Waals surface area contributed by atoms with Crippen molar-refractivity contribution < 1.29 is 19.0 Å². The lowest BCUT2D eigenvalue weighted by Crippen LogP contribution is -2.46. The maximum Gasteiger partial charge on any atom is 0.407 e. The van der Waals surface area contributed by atoms with Gasteiger partial charge in [-0.2, -0.15) is 0 Å². The van der Waals surface area contributed by atoms with Crippen LogP contribution in [0.15, 0.2) is 0 Å². The first kappa shape index (κ1) is 21.0. The quantitative estimate of drug-likeness (QED) is 0.351. The van der Waals surface area contributed by atoms with Gasteiger partial charge >= 0.3 is 6.09 Å². The van der Waals surface area contributed by atoms with Crippen molar-refractivity contribution in [3.05, 3.63) is 0 Å². The van der Waals surface area contributed by atoms with Gasteiger partial charge in [-0.1, -0.05) is 41.9 Å². The number of hydrogen-bond donors (Lipinski definition) is 1. The number of carbonyl (C=O) groups excluding carboxylic acids is 1. The Balaban J connectivity index is 2.23. The second-order valence-electron chi connectivity index (χ2n) is 7.42. The molecule has 0 bridgehead atoms. The molecule has 1 aliphatic rings. The fourth-order valence-electron chi connectivity index (χ4n) is 2.44. The normalized spacial score (nSPS) is 19.2. The number of rotatable bonds is 8. The molecular weight excluding hydrogens is 409 g/mol. The molecule has 5 nitrogen and oxygen atoms in total. The van der Waals surface area contributed by atoms with Crippen molar-refractivity contribution in [3.8, 4) is 0 Å². The Morgan fingerprint density at radius 2 is 1.78 bits per heavy atom. The van der Waals surface area contributed by atoms with Crippen LogP contribution in [0.2, 0.25) is 0 Å². The Morgan fingerprint density at radius 1 is 1.13 bits per heavy atom. The largest absolute Gasteiger partial charge is 0.444 e. The molecule has 0 aromatic rings. The summed E-state index contributed by atoms with van der Waals surface area (Å²) in [5, 5.41) is 2.79. The number of hydrogen-bond acceptors (Lipinski definition) is 4. The molecular formula is C17H32INO4. The first-order valence-corrected chi connectivity index (χ1v) is 10.0. The van der Waals surface area contributed by atoms with E-state index in [2.05, 4.69) is 27.9 Å². The first-order chi connectivity index (χ1) is 10.7. The smallest absolute Gasteiger partial charge is 0.407 e. The Labute approximate surface area is 154 Å². The molecule has 1 fully saturated rings. The van der Waals surface area contributed by atoms with E-state index in [4.69, 9.17) is 14.2 Å². The molecule has 1 aliphatic carbocycles. The molecule has 0 heterocycles. The van der Waals surface area contributed by atoms with E-state index in [0.717, 1.165) is 4.43 Å². The fraction of sp³-hybridized carbons (Fsp3) is 0.941. The number of carbonyl (C=O) groups is 1. The number of nitrogens with one attached hydrogen (secondary N) is 1. The molecule has 1 unspecified atom stereocenters. The van der Waals surface area contributed by atoms with Gasteiger partial charge in [0.05, 0.1) is 31.5 Å². The molecule has 0 radical (unpaired) electrons. The standard InChI is InChI=1S/C17H32INO4/c1-16(2,3)23-15(20)19-13-17(4,12-18)22-11-10-21-14-8-6-5-7-9-14/h14H,5-13H2,1-4H3,(H,19,20). The summed E-state index contributed by atoms with van der Waals surface area (Å²) in [5.74, 6) is 0. The summed E-state index contributed by atoms with van der Waals surface area (Å²) < 4.78 is 17.9. The van der Waals surface area contributed by atoms with Gasteiger partial charge in [0.1, 0.15) is 5.60 Å². The van der Waals surface area contributed by atoms with Crippen molar-refractivity contribution in [1.29, 1.82) is 0 Å². The van der Waals surface area contributed by atoms with Crippen molar-refractivity contribution in [2.45, 2.75) is 77.1 Å². The van der Waals surface area contributed by atoms with E-state index in [0.29, 0.717) is 25.9 Å². The second kappa shape index (κ2) is 10.0. The highest BCUT2D eigenvalue weighted by Crippen LogP contribution is 2.20. The first-order valence-electron chi connectivity index (χ1n) is 8.52. The predicted molar refractivity (Wildman–Crippen MR) is 100 cm³/mol. The van der Waals surface area contributed by atoms with Crippen LogP contribution in [0.5, 0.6) is 0 Å². The monoisotopic (exact) mass is 441 g/mol. The highest BCUT2D eigenvalue weighted by atomic mass is 127. The number of halogens is 1. The molecule has 23 heavy (non-hydrogen) atoms. The molecule has 0 aromatic carbocycles. The summed E-state index contributed by atoms with van der Waals surface area (Å²) in [7, 11) is 0. The van der Waals surface area contributed by atoms with Crippen LogP contribution < -0.4 is 5.32 Å². The Kier molecular flexibility index (Phi) is 9.15. The lowest BCUT2D eigenvalue weighted by atomic mass is 9.98. The van der Waals surface area contributed by atoms with E-state index in [1.54, 1.807) is 0 Å². The molecule has 1 atom stereocenters. The number of ether oxygens (including phenoxy) is 3. The Morgan fingerprint density at radius 3 is 2.35 bits per heavy atom. The summed E-state index contributed by atoms with van der Waals surface area (Å²) in [6.45, 7) is 9.14. The zero-order chi connectivity index (χ0) is 17.3. The van der Waals surface area contributed by atoms with Gasteiger partial charge in [0, 0.05) is 4.43 Å². The van der Waals surface area contributed by atoms with Crippen molar-refractivity contribution in [3.63, 3.8) is 0 Å². The van der Waals surface area contributed by atoms with Crippen molar-refractivity contribution in [2.75, 3.05) is 24.2 Å². The molecule has 1 amide bonds.